The van der Waals surface area contributed by atoms with Crippen LogP contribution in [0.3, 0.4) is 0 Å². The molecule has 0 atom stereocenters. The van der Waals surface area contributed by atoms with Crippen molar-refractivity contribution < 1.29 is 14.3 Å². The van der Waals surface area contributed by atoms with Crippen molar-refractivity contribution in [2.24, 2.45) is 0 Å². The number of hydrogen-bond acceptors (Lipinski definition) is 5. The molecule has 1 aromatic carbocycles. The SMILES string of the molecule is O=C(O)c1c(CBr)nc(-c2nccs2)nc1-c1ccc(F)cc1Cl. The molecule has 9 heteroatoms. The molecule has 122 valence electrons. The largest absolute Gasteiger partial charge is 0.478 e. The van der Waals surface area contributed by atoms with Crippen LogP contribution in [0.2, 0.25) is 5.02 Å². The third-order valence-electron chi connectivity index (χ3n) is 3.13. The van der Waals surface area contributed by atoms with Gasteiger partial charge in [0.25, 0.3) is 0 Å². The Bertz CT molecular complexity index is 921. The quantitative estimate of drug-likeness (QED) is 0.612. The van der Waals surface area contributed by atoms with Crippen molar-refractivity contribution in [3.63, 3.8) is 0 Å². The average Bonchev–Trinajstić information content (AvgIpc) is 3.08. The summed E-state index contributed by atoms with van der Waals surface area (Å²) in [4.78, 5) is 24.5. The monoisotopic (exact) mass is 427 g/mol. The number of thiazole rings is 1. The highest BCUT2D eigenvalue weighted by Gasteiger charge is 2.23. The van der Waals surface area contributed by atoms with Gasteiger partial charge in [-0.1, -0.05) is 27.5 Å². The molecule has 2 aromatic heterocycles. The Kier molecular flexibility index (Phi) is 4.88. The molecule has 3 aromatic rings. The van der Waals surface area contributed by atoms with Crippen LogP contribution >= 0.6 is 38.9 Å². The molecule has 0 saturated carbocycles. The minimum absolute atomic E-state index is 0.0711. The number of carbonyl (C=O) groups is 1. The molecule has 0 aliphatic heterocycles. The lowest BCUT2D eigenvalue weighted by molar-refractivity contribution is 0.0696. The van der Waals surface area contributed by atoms with Gasteiger partial charge in [-0.05, 0) is 18.2 Å². The summed E-state index contributed by atoms with van der Waals surface area (Å²) in [5.74, 6) is -1.42. The zero-order chi connectivity index (χ0) is 17.3. The highest BCUT2D eigenvalue weighted by Crippen LogP contribution is 2.33. The minimum atomic E-state index is -1.19. The Balaban J connectivity index is 2.33. The molecular weight excluding hydrogens is 421 g/mol. The first kappa shape index (κ1) is 16.9. The summed E-state index contributed by atoms with van der Waals surface area (Å²) in [5, 5.41) is 12.2. The molecule has 0 spiro atoms. The molecule has 0 aliphatic rings. The number of aromatic nitrogens is 3. The molecule has 5 nitrogen and oxygen atoms in total. The summed E-state index contributed by atoms with van der Waals surface area (Å²) in [7, 11) is 0. The van der Waals surface area contributed by atoms with Crippen LogP contribution in [0.25, 0.3) is 22.1 Å². The Morgan fingerprint density at radius 1 is 1.38 bits per heavy atom. The molecule has 0 saturated heterocycles. The molecule has 24 heavy (non-hydrogen) atoms. The number of hydrogen-bond donors (Lipinski definition) is 1. The van der Waals surface area contributed by atoms with E-state index in [1.807, 2.05) is 0 Å². The van der Waals surface area contributed by atoms with Crippen LogP contribution < -0.4 is 0 Å². The van der Waals surface area contributed by atoms with Gasteiger partial charge in [0.2, 0.25) is 0 Å². The van der Waals surface area contributed by atoms with Gasteiger partial charge in [-0.3, -0.25) is 0 Å². The van der Waals surface area contributed by atoms with Crippen molar-refractivity contribution in [3.05, 3.63) is 51.9 Å². The maximum atomic E-state index is 13.3. The van der Waals surface area contributed by atoms with Gasteiger partial charge in [-0.25, -0.2) is 24.1 Å². The Labute approximate surface area is 153 Å². The van der Waals surface area contributed by atoms with Crippen LogP contribution in [0, 0.1) is 5.82 Å². The van der Waals surface area contributed by atoms with Crippen LogP contribution in [-0.4, -0.2) is 26.0 Å². The van der Waals surface area contributed by atoms with Gasteiger partial charge in [0.05, 0.1) is 16.4 Å². The van der Waals surface area contributed by atoms with Crippen LogP contribution in [0.4, 0.5) is 4.39 Å². The summed E-state index contributed by atoms with van der Waals surface area (Å²) in [6, 6.07) is 3.71. The number of aromatic carboxylic acids is 1. The molecular formula is C15H8BrClFN3O2S. The highest BCUT2D eigenvalue weighted by atomic mass is 79.9. The van der Waals surface area contributed by atoms with Crippen LogP contribution in [-0.2, 0) is 5.33 Å². The Morgan fingerprint density at radius 2 is 2.17 bits per heavy atom. The minimum Gasteiger partial charge on any atom is -0.478 e. The van der Waals surface area contributed by atoms with Crippen molar-refractivity contribution in [3.8, 4) is 22.1 Å². The van der Waals surface area contributed by atoms with E-state index < -0.39 is 11.8 Å². The van der Waals surface area contributed by atoms with Crippen LogP contribution in [0.5, 0.6) is 0 Å². The number of rotatable bonds is 4. The van der Waals surface area contributed by atoms with Crippen LogP contribution in [0.1, 0.15) is 16.1 Å². The van der Waals surface area contributed by atoms with Gasteiger partial charge in [-0.2, -0.15) is 0 Å². The fraction of sp³-hybridized carbons (Fsp3) is 0.0667. The Hall–Kier alpha value is -1.90. The molecule has 2 heterocycles. The molecule has 0 fully saturated rings. The molecule has 0 amide bonds. The summed E-state index contributed by atoms with van der Waals surface area (Å²) < 4.78 is 13.3. The number of halogens is 3. The predicted octanol–water partition coefficient (Wildman–Crippen LogP) is 4.65. The fourth-order valence-electron chi connectivity index (χ4n) is 2.13. The van der Waals surface area contributed by atoms with Crippen LogP contribution in [0.15, 0.2) is 29.8 Å². The maximum absolute atomic E-state index is 13.3. The lowest BCUT2D eigenvalue weighted by Crippen LogP contribution is -2.10. The Morgan fingerprint density at radius 3 is 2.75 bits per heavy atom. The molecule has 3 rings (SSSR count). The van der Waals surface area contributed by atoms with E-state index in [1.54, 1.807) is 11.6 Å². The van der Waals surface area contributed by atoms with Gasteiger partial charge < -0.3 is 5.11 Å². The topological polar surface area (TPSA) is 76.0 Å². The van der Waals surface area contributed by atoms with Gasteiger partial charge >= 0.3 is 5.97 Å². The lowest BCUT2D eigenvalue weighted by Gasteiger charge is -2.12. The average molecular weight is 429 g/mol. The number of alkyl halides is 1. The first-order valence-electron chi connectivity index (χ1n) is 6.56. The molecule has 1 N–H and O–H groups in total. The first-order chi connectivity index (χ1) is 11.5. The van der Waals surface area contributed by atoms with Gasteiger partial charge in [0.1, 0.15) is 11.4 Å². The molecule has 0 bridgehead atoms. The van der Waals surface area contributed by atoms with Crippen molar-refractivity contribution >= 4 is 44.8 Å². The second-order valence-electron chi connectivity index (χ2n) is 4.62. The summed E-state index contributed by atoms with van der Waals surface area (Å²) in [6.07, 6.45) is 1.60. The smallest absolute Gasteiger partial charge is 0.339 e. The molecule has 0 radical (unpaired) electrons. The molecule has 0 aliphatic carbocycles. The van der Waals surface area contributed by atoms with E-state index in [4.69, 9.17) is 11.6 Å². The fourth-order valence-corrected chi connectivity index (χ4v) is 3.37. The van der Waals surface area contributed by atoms with E-state index in [-0.39, 0.29) is 27.3 Å². The standard InChI is InChI=1S/C15H8BrClFN3O2S/c16-6-10-11(15(22)23)12(8-2-1-7(18)5-9(8)17)21-13(20-10)14-19-3-4-24-14/h1-5H,6H2,(H,22,23). The number of benzene rings is 1. The normalized spacial score (nSPS) is 10.8. The summed E-state index contributed by atoms with van der Waals surface area (Å²) in [5.41, 5.74) is 0.652. The zero-order valence-corrected chi connectivity index (χ0v) is 15.0. The number of carboxylic acids is 1. The van der Waals surface area contributed by atoms with E-state index >= 15 is 0 Å². The second kappa shape index (κ2) is 6.92. The predicted molar refractivity (Wildman–Crippen MR) is 93.1 cm³/mol. The highest BCUT2D eigenvalue weighted by molar-refractivity contribution is 9.08. The second-order valence-corrected chi connectivity index (χ2v) is 6.48. The van der Waals surface area contributed by atoms with Crippen molar-refractivity contribution in [1.29, 1.82) is 0 Å². The van der Waals surface area contributed by atoms with Gasteiger partial charge in [0.15, 0.2) is 10.8 Å². The summed E-state index contributed by atoms with van der Waals surface area (Å²) in [6.45, 7) is 0. The third-order valence-corrected chi connectivity index (χ3v) is 4.75. The summed E-state index contributed by atoms with van der Waals surface area (Å²) >= 11 is 10.7. The number of carboxylic acid groups (broad SMARTS) is 1. The lowest BCUT2D eigenvalue weighted by atomic mass is 10.0. The van der Waals surface area contributed by atoms with E-state index in [0.717, 1.165) is 6.07 Å². The zero-order valence-electron chi connectivity index (χ0n) is 11.8. The van der Waals surface area contributed by atoms with Gasteiger partial charge in [0, 0.05) is 22.5 Å². The van der Waals surface area contributed by atoms with E-state index in [9.17, 15) is 14.3 Å². The van der Waals surface area contributed by atoms with E-state index in [0.29, 0.717) is 16.4 Å². The number of nitrogens with zero attached hydrogens (tertiary/aromatic N) is 3. The third kappa shape index (κ3) is 3.17. The maximum Gasteiger partial charge on any atom is 0.339 e. The van der Waals surface area contributed by atoms with E-state index in [2.05, 4.69) is 30.9 Å². The first-order valence-corrected chi connectivity index (χ1v) is 8.94. The van der Waals surface area contributed by atoms with E-state index in [1.165, 1.54) is 23.5 Å². The molecule has 0 unspecified atom stereocenters. The van der Waals surface area contributed by atoms with Crippen molar-refractivity contribution in [2.45, 2.75) is 5.33 Å². The van der Waals surface area contributed by atoms with Crippen molar-refractivity contribution in [2.75, 3.05) is 0 Å². The van der Waals surface area contributed by atoms with Gasteiger partial charge in [-0.15, -0.1) is 11.3 Å². The van der Waals surface area contributed by atoms with Crippen molar-refractivity contribution in [1.82, 2.24) is 15.0 Å².